The van der Waals surface area contributed by atoms with E-state index < -0.39 is 10.0 Å². The first-order valence-corrected chi connectivity index (χ1v) is 12.7. The van der Waals surface area contributed by atoms with Crippen LogP contribution in [0.4, 0.5) is 5.69 Å². The quantitative estimate of drug-likeness (QED) is 0.560. The largest absolute Gasteiger partial charge is 0.322 e. The van der Waals surface area contributed by atoms with Crippen molar-refractivity contribution in [2.75, 3.05) is 18.4 Å². The molecule has 0 aromatic heterocycles. The lowest BCUT2D eigenvalue weighted by molar-refractivity contribution is 0.102. The van der Waals surface area contributed by atoms with Crippen LogP contribution in [0.5, 0.6) is 0 Å². The van der Waals surface area contributed by atoms with Crippen LogP contribution in [0.1, 0.15) is 46.8 Å². The zero-order chi connectivity index (χ0) is 23.6. The van der Waals surface area contributed by atoms with E-state index in [1.54, 1.807) is 16.4 Å². The fraction of sp³-hybridized carbons (Fsp3) is 0.296. The molecule has 6 heteroatoms. The molecule has 1 heterocycles. The van der Waals surface area contributed by atoms with E-state index in [1.807, 2.05) is 50.2 Å². The Morgan fingerprint density at radius 1 is 0.909 bits per heavy atom. The van der Waals surface area contributed by atoms with E-state index >= 15 is 0 Å². The molecule has 1 aliphatic heterocycles. The van der Waals surface area contributed by atoms with Crippen LogP contribution in [0.15, 0.2) is 77.7 Å². The lowest BCUT2D eigenvalue weighted by Crippen LogP contribution is -2.43. The van der Waals surface area contributed by atoms with Gasteiger partial charge in [-0.05, 0) is 73.6 Å². The zero-order valence-electron chi connectivity index (χ0n) is 19.3. The van der Waals surface area contributed by atoms with Gasteiger partial charge in [-0.3, -0.25) is 4.79 Å². The van der Waals surface area contributed by atoms with E-state index in [-0.39, 0.29) is 16.2 Å². The number of carbonyl (C=O) groups excluding carboxylic acids is 1. The number of nitrogens with one attached hydrogen (secondary N) is 1. The molecule has 0 bridgehead atoms. The fourth-order valence-corrected chi connectivity index (χ4v) is 5.87. The number of sulfonamides is 1. The monoisotopic (exact) mass is 462 g/mol. The molecule has 5 nitrogen and oxygen atoms in total. The molecule has 1 fully saturated rings. The maximum atomic E-state index is 13.2. The van der Waals surface area contributed by atoms with Gasteiger partial charge in [0.05, 0.1) is 4.90 Å². The first-order chi connectivity index (χ1) is 15.7. The number of hydrogen-bond acceptors (Lipinski definition) is 3. The van der Waals surface area contributed by atoms with Gasteiger partial charge in [0.2, 0.25) is 10.0 Å². The summed E-state index contributed by atoms with van der Waals surface area (Å²) in [5.74, 6) is -0.262. The predicted molar refractivity (Wildman–Crippen MR) is 132 cm³/mol. The van der Waals surface area contributed by atoms with E-state index in [0.29, 0.717) is 18.7 Å². The van der Waals surface area contributed by atoms with Gasteiger partial charge in [0.15, 0.2) is 0 Å². The molecule has 1 amide bonds. The SMILES string of the molecule is Cc1ccc(NC(=O)c2ccc(S(=O)(=O)N3CCC(C)(c4ccccc4)CC3)cc2)c(C)c1. The van der Waals surface area contributed by atoms with E-state index in [9.17, 15) is 13.2 Å². The molecule has 1 N–H and O–H groups in total. The molecule has 0 radical (unpaired) electrons. The Kier molecular flexibility index (Phi) is 6.41. The summed E-state index contributed by atoms with van der Waals surface area (Å²) in [7, 11) is -3.61. The topological polar surface area (TPSA) is 66.5 Å². The number of piperidine rings is 1. The number of anilines is 1. The van der Waals surface area contributed by atoms with Crippen LogP contribution in [0.25, 0.3) is 0 Å². The van der Waals surface area contributed by atoms with Gasteiger partial charge >= 0.3 is 0 Å². The van der Waals surface area contributed by atoms with Crippen LogP contribution in [0, 0.1) is 13.8 Å². The summed E-state index contributed by atoms with van der Waals surface area (Å²) >= 11 is 0. The highest BCUT2D eigenvalue weighted by molar-refractivity contribution is 7.89. The Balaban J connectivity index is 1.44. The van der Waals surface area contributed by atoms with Gasteiger partial charge in [-0.1, -0.05) is 55.0 Å². The van der Waals surface area contributed by atoms with E-state index in [4.69, 9.17) is 0 Å². The number of nitrogens with zero attached hydrogens (tertiary/aromatic N) is 1. The predicted octanol–water partition coefficient (Wildman–Crippen LogP) is 5.30. The Morgan fingerprint density at radius 3 is 2.15 bits per heavy atom. The second-order valence-corrected chi connectivity index (χ2v) is 11.1. The lowest BCUT2D eigenvalue weighted by Gasteiger charge is -2.39. The second kappa shape index (κ2) is 9.12. The van der Waals surface area contributed by atoms with Gasteiger partial charge in [-0.15, -0.1) is 0 Å². The van der Waals surface area contributed by atoms with Crippen molar-refractivity contribution in [1.82, 2.24) is 4.31 Å². The van der Waals surface area contributed by atoms with E-state index in [1.165, 1.54) is 17.7 Å². The highest BCUT2D eigenvalue weighted by Gasteiger charge is 2.36. The van der Waals surface area contributed by atoms with Crippen molar-refractivity contribution >= 4 is 21.6 Å². The number of aryl methyl sites for hydroxylation is 2. The Bertz CT molecular complexity index is 1240. The third-order valence-electron chi connectivity index (χ3n) is 6.68. The third kappa shape index (κ3) is 4.87. The normalized spacial score (nSPS) is 16.3. The molecule has 3 aromatic rings. The van der Waals surface area contributed by atoms with E-state index in [2.05, 4.69) is 24.4 Å². The van der Waals surface area contributed by atoms with Crippen LogP contribution in [0.3, 0.4) is 0 Å². The Hall–Kier alpha value is -2.96. The highest BCUT2D eigenvalue weighted by atomic mass is 32.2. The van der Waals surface area contributed by atoms with Crippen molar-refractivity contribution in [2.45, 2.75) is 43.9 Å². The van der Waals surface area contributed by atoms with Crippen LogP contribution >= 0.6 is 0 Å². The molecule has 4 rings (SSSR count). The molecule has 0 saturated carbocycles. The smallest absolute Gasteiger partial charge is 0.255 e. The Morgan fingerprint density at radius 2 is 1.55 bits per heavy atom. The van der Waals surface area contributed by atoms with Crippen LogP contribution < -0.4 is 5.32 Å². The molecule has 33 heavy (non-hydrogen) atoms. The lowest BCUT2D eigenvalue weighted by atomic mass is 9.75. The molecule has 1 aliphatic rings. The minimum Gasteiger partial charge on any atom is -0.322 e. The summed E-state index contributed by atoms with van der Waals surface area (Å²) in [6, 6.07) is 22.3. The van der Waals surface area contributed by atoms with Crippen molar-refractivity contribution in [1.29, 1.82) is 0 Å². The Labute approximate surface area is 196 Å². The van der Waals surface area contributed by atoms with Gasteiger partial charge in [0.25, 0.3) is 5.91 Å². The summed E-state index contributed by atoms with van der Waals surface area (Å²) in [6.45, 7) is 7.10. The van der Waals surface area contributed by atoms with Gasteiger partial charge in [0, 0.05) is 24.3 Å². The van der Waals surface area contributed by atoms with Crippen molar-refractivity contribution < 1.29 is 13.2 Å². The molecule has 172 valence electrons. The van der Waals surface area contributed by atoms with Crippen LogP contribution in [0.2, 0.25) is 0 Å². The molecular formula is C27H30N2O3S. The zero-order valence-corrected chi connectivity index (χ0v) is 20.2. The molecule has 0 unspecified atom stereocenters. The maximum Gasteiger partial charge on any atom is 0.255 e. The first-order valence-electron chi connectivity index (χ1n) is 11.2. The minimum atomic E-state index is -3.61. The third-order valence-corrected chi connectivity index (χ3v) is 8.59. The van der Waals surface area contributed by atoms with Crippen LogP contribution in [-0.2, 0) is 15.4 Å². The molecule has 3 aromatic carbocycles. The summed E-state index contributed by atoms with van der Waals surface area (Å²) < 4.78 is 28.0. The number of amides is 1. The van der Waals surface area contributed by atoms with Crippen molar-refractivity contribution in [3.8, 4) is 0 Å². The fourth-order valence-electron chi connectivity index (χ4n) is 4.42. The van der Waals surface area contributed by atoms with Gasteiger partial charge in [0.1, 0.15) is 0 Å². The molecule has 0 atom stereocenters. The average molecular weight is 463 g/mol. The van der Waals surface area contributed by atoms with Gasteiger partial charge in [-0.25, -0.2) is 8.42 Å². The average Bonchev–Trinajstić information content (AvgIpc) is 2.82. The standard InChI is InChI=1S/C27H30N2O3S/c1-20-9-14-25(21(2)19-20)28-26(30)22-10-12-24(13-11-22)33(31,32)29-17-15-27(3,16-18-29)23-7-5-4-6-8-23/h4-14,19H,15-18H2,1-3H3,(H,28,30). The number of hydrogen-bond donors (Lipinski definition) is 1. The van der Waals surface area contributed by atoms with Gasteiger partial charge < -0.3 is 5.32 Å². The first kappa shape index (κ1) is 23.2. The summed E-state index contributed by atoms with van der Waals surface area (Å²) in [6.07, 6.45) is 1.54. The number of benzene rings is 3. The minimum absolute atomic E-state index is 0.0245. The highest BCUT2D eigenvalue weighted by Crippen LogP contribution is 2.36. The van der Waals surface area contributed by atoms with E-state index in [0.717, 1.165) is 29.7 Å². The maximum absolute atomic E-state index is 13.2. The van der Waals surface area contributed by atoms with Crippen molar-refractivity contribution in [3.63, 3.8) is 0 Å². The molecule has 0 aliphatic carbocycles. The number of carbonyl (C=O) groups is 1. The molecular weight excluding hydrogens is 432 g/mol. The number of rotatable bonds is 5. The summed E-state index contributed by atoms with van der Waals surface area (Å²) in [5, 5.41) is 2.90. The van der Waals surface area contributed by atoms with Crippen molar-refractivity contribution in [3.05, 3.63) is 95.1 Å². The summed E-state index contributed by atoms with van der Waals surface area (Å²) in [5.41, 5.74) is 4.50. The van der Waals surface area contributed by atoms with Crippen molar-refractivity contribution in [2.24, 2.45) is 0 Å². The van der Waals surface area contributed by atoms with Gasteiger partial charge in [-0.2, -0.15) is 4.31 Å². The summed E-state index contributed by atoms with van der Waals surface area (Å²) in [4.78, 5) is 12.9. The molecule has 1 saturated heterocycles. The van der Waals surface area contributed by atoms with Crippen LogP contribution in [-0.4, -0.2) is 31.7 Å². The molecule has 0 spiro atoms. The second-order valence-electron chi connectivity index (χ2n) is 9.13.